The van der Waals surface area contributed by atoms with Crippen LogP contribution >= 0.6 is 0 Å². The lowest BCUT2D eigenvalue weighted by atomic mass is 10.1. The van der Waals surface area contributed by atoms with Crippen LogP contribution in [-0.2, 0) is 16.4 Å². The van der Waals surface area contributed by atoms with Crippen LogP contribution in [0.15, 0.2) is 23.5 Å². The van der Waals surface area contributed by atoms with Gasteiger partial charge in [-0.3, -0.25) is 10.2 Å². The van der Waals surface area contributed by atoms with Gasteiger partial charge in [0.2, 0.25) is 0 Å². The van der Waals surface area contributed by atoms with Crippen molar-refractivity contribution in [3.63, 3.8) is 0 Å². The van der Waals surface area contributed by atoms with E-state index in [1.54, 1.807) is 6.20 Å². The fourth-order valence-corrected chi connectivity index (χ4v) is 2.57. The number of nitrogens with one attached hydrogen (secondary N) is 3. The van der Waals surface area contributed by atoms with Crippen molar-refractivity contribution >= 4 is 10.0 Å². The van der Waals surface area contributed by atoms with Gasteiger partial charge in [-0.25, -0.2) is 13.1 Å². The summed E-state index contributed by atoms with van der Waals surface area (Å²) < 4.78 is 26.0. The Labute approximate surface area is 105 Å². The van der Waals surface area contributed by atoms with Crippen LogP contribution in [0.1, 0.15) is 17.7 Å². The molecular formula is C10H15N5O2S. The largest absolute Gasteiger partial charge is 0.283 e. The molecule has 7 nitrogen and oxygen atoms in total. The van der Waals surface area contributed by atoms with E-state index in [4.69, 9.17) is 0 Å². The lowest BCUT2D eigenvalue weighted by Crippen LogP contribution is -2.25. The lowest BCUT2D eigenvalue weighted by Gasteiger charge is -2.04. The van der Waals surface area contributed by atoms with Gasteiger partial charge in [-0.05, 0) is 31.4 Å². The van der Waals surface area contributed by atoms with Crippen LogP contribution in [0.5, 0.6) is 0 Å². The van der Waals surface area contributed by atoms with Gasteiger partial charge in [0.05, 0.1) is 12.4 Å². The number of hydrogen-bond donors (Lipinski definition) is 3. The molecule has 2 aromatic rings. The molecule has 0 aliphatic rings. The summed E-state index contributed by atoms with van der Waals surface area (Å²) in [7, 11) is -3.46. The molecule has 2 heterocycles. The molecule has 0 radical (unpaired) electrons. The summed E-state index contributed by atoms with van der Waals surface area (Å²) in [6.45, 7) is 2.32. The van der Waals surface area contributed by atoms with Crippen molar-refractivity contribution in [1.82, 2.24) is 25.1 Å². The van der Waals surface area contributed by atoms with Gasteiger partial charge < -0.3 is 0 Å². The number of aromatic amines is 2. The summed E-state index contributed by atoms with van der Waals surface area (Å²) in [5.41, 5.74) is 2.13. The number of rotatable bonds is 6. The zero-order chi connectivity index (χ0) is 13.0. The van der Waals surface area contributed by atoms with E-state index in [0.717, 1.165) is 17.7 Å². The van der Waals surface area contributed by atoms with Crippen LogP contribution in [0.3, 0.4) is 0 Å². The van der Waals surface area contributed by atoms with Crippen molar-refractivity contribution < 1.29 is 8.42 Å². The topological polar surface area (TPSA) is 104 Å². The minimum Gasteiger partial charge on any atom is -0.283 e. The van der Waals surface area contributed by atoms with E-state index >= 15 is 0 Å². The fraction of sp³-hybridized carbons (Fsp3) is 0.400. The molecule has 0 aromatic carbocycles. The maximum Gasteiger partial charge on any atom is 0.257 e. The van der Waals surface area contributed by atoms with Gasteiger partial charge in [-0.1, -0.05) is 0 Å². The van der Waals surface area contributed by atoms with Crippen LogP contribution in [0.25, 0.3) is 0 Å². The Morgan fingerprint density at radius 1 is 1.33 bits per heavy atom. The van der Waals surface area contributed by atoms with Crippen LogP contribution < -0.4 is 4.72 Å². The van der Waals surface area contributed by atoms with Crippen LogP contribution in [0.4, 0.5) is 0 Å². The summed E-state index contributed by atoms with van der Waals surface area (Å²) >= 11 is 0. The number of aromatic nitrogens is 4. The third-order valence-corrected chi connectivity index (χ3v) is 4.00. The van der Waals surface area contributed by atoms with Crippen molar-refractivity contribution in [1.29, 1.82) is 0 Å². The molecule has 0 aliphatic carbocycles. The summed E-state index contributed by atoms with van der Waals surface area (Å²) in [5.74, 6) is 0. The fourth-order valence-electron chi connectivity index (χ4n) is 1.58. The molecule has 0 spiro atoms. The Bertz CT molecular complexity index is 588. The van der Waals surface area contributed by atoms with E-state index in [2.05, 4.69) is 25.1 Å². The molecule has 0 unspecified atom stereocenters. The van der Waals surface area contributed by atoms with Gasteiger partial charge in [0, 0.05) is 12.2 Å². The number of hydrogen-bond acceptors (Lipinski definition) is 4. The zero-order valence-corrected chi connectivity index (χ0v) is 10.8. The Morgan fingerprint density at radius 2 is 2.17 bits per heavy atom. The average Bonchev–Trinajstić information content (AvgIpc) is 2.96. The van der Waals surface area contributed by atoms with E-state index in [1.807, 2.05) is 6.92 Å². The minimum absolute atomic E-state index is 0.0852. The Morgan fingerprint density at radius 3 is 2.78 bits per heavy atom. The van der Waals surface area contributed by atoms with Crippen molar-refractivity contribution in [3.8, 4) is 0 Å². The first kappa shape index (κ1) is 12.8. The highest BCUT2D eigenvalue weighted by Crippen LogP contribution is 2.06. The van der Waals surface area contributed by atoms with E-state index < -0.39 is 10.0 Å². The molecule has 0 saturated heterocycles. The molecule has 0 aliphatic heterocycles. The van der Waals surface area contributed by atoms with Crippen molar-refractivity contribution in [2.24, 2.45) is 0 Å². The van der Waals surface area contributed by atoms with E-state index in [0.29, 0.717) is 13.0 Å². The van der Waals surface area contributed by atoms with Gasteiger partial charge in [-0.2, -0.15) is 10.2 Å². The van der Waals surface area contributed by atoms with Crippen molar-refractivity contribution in [2.75, 3.05) is 6.54 Å². The normalized spacial score (nSPS) is 11.8. The maximum absolute atomic E-state index is 11.7. The standard InChI is InChI=1S/C10H15N5O2S/c1-8-9(7-12-14-8)3-2-5-13-18(16,17)10-4-6-11-15-10/h4,6-7,13H,2-3,5H2,1H3,(H,11,15)(H,12,14). The monoisotopic (exact) mass is 269 g/mol. The van der Waals surface area contributed by atoms with E-state index in [-0.39, 0.29) is 5.03 Å². The predicted octanol–water partition coefficient (Wildman–Crippen LogP) is 0.352. The Kier molecular flexibility index (Phi) is 3.78. The quantitative estimate of drug-likeness (QED) is 0.658. The molecule has 8 heteroatoms. The molecule has 3 N–H and O–H groups in total. The third-order valence-electron chi connectivity index (χ3n) is 2.61. The van der Waals surface area contributed by atoms with Crippen LogP contribution in [-0.4, -0.2) is 35.4 Å². The number of aryl methyl sites for hydroxylation is 2. The van der Waals surface area contributed by atoms with Crippen LogP contribution in [0, 0.1) is 6.92 Å². The first-order chi connectivity index (χ1) is 8.59. The van der Waals surface area contributed by atoms with Gasteiger partial charge in [0.25, 0.3) is 10.0 Å². The molecule has 0 amide bonds. The van der Waals surface area contributed by atoms with Crippen molar-refractivity contribution in [2.45, 2.75) is 24.8 Å². The molecule has 0 atom stereocenters. The second kappa shape index (κ2) is 5.32. The van der Waals surface area contributed by atoms with Gasteiger partial charge in [0.15, 0.2) is 5.03 Å². The van der Waals surface area contributed by atoms with E-state index in [9.17, 15) is 8.42 Å². The molecule has 2 aromatic heterocycles. The first-order valence-electron chi connectivity index (χ1n) is 5.57. The first-order valence-corrected chi connectivity index (χ1v) is 7.06. The third kappa shape index (κ3) is 2.96. The molecule has 0 fully saturated rings. The van der Waals surface area contributed by atoms with Gasteiger partial charge in [-0.15, -0.1) is 0 Å². The summed E-state index contributed by atoms with van der Waals surface area (Å²) in [4.78, 5) is 0. The zero-order valence-electron chi connectivity index (χ0n) is 9.97. The van der Waals surface area contributed by atoms with Gasteiger partial charge >= 0.3 is 0 Å². The average molecular weight is 269 g/mol. The Hall–Kier alpha value is -1.67. The number of sulfonamides is 1. The summed E-state index contributed by atoms with van der Waals surface area (Å²) in [6, 6.07) is 1.42. The second-order valence-corrected chi connectivity index (χ2v) is 5.68. The summed E-state index contributed by atoms with van der Waals surface area (Å²) in [5, 5.41) is 12.9. The Balaban J connectivity index is 1.81. The molecular weight excluding hydrogens is 254 g/mol. The predicted molar refractivity (Wildman–Crippen MR) is 65.4 cm³/mol. The minimum atomic E-state index is -3.46. The van der Waals surface area contributed by atoms with Crippen LogP contribution in [0.2, 0.25) is 0 Å². The SMILES string of the molecule is Cc1[nH]ncc1CCCNS(=O)(=O)c1ccn[nH]1. The molecule has 98 valence electrons. The summed E-state index contributed by atoms with van der Waals surface area (Å²) in [6.07, 6.45) is 4.67. The smallest absolute Gasteiger partial charge is 0.257 e. The molecule has 0 bridgehead atoms. The van der Waals surface area contributed by atoms with Gasteiger partial charge in [0.1, 0.15) is 0 Å². The number of nitrogens with zero attached hydrogens (tertiary/aromatic N) is 2. The molecule has 18 heavy (non-hydrogen) atoms. The van der Waals surface area contributed by atoms with Crippen molar-refractivity contribution in [3.05, 3.63) is 29.7 Å². The van der Waals surface area contributed by atoms with E-state index in [1.165, 1.54) is 12.3 Å². The lowest BCUT2D eigenvalue weighted by molar-refractivity contribution is 0.574. The highest BCUT2D eigenvalue weighted by Gasteiger charge is 2.14. The maximum atomic E-state index is 11.7. The molecule has 2 rings (SSSR count). The molecule has 0 saturated carbocycles. The highest BCUT2D eigenvalue weighted by atomic mass is 32.2. The second-order valence-electron chi connectivity index (χ2n) is 3.94. The number of H-pyrrole nitrogens is 2. The highest BCUT2D eigenvalue weighted by molar-refractivity contribution is 7.89.